The Morgan fingerprint density at radius 2 is 1.22 bits per heavy atom. The molecule has 0 radical (unpaired) electrons. The first-order chi connectivity index (χ1) is 15.7. The molecule has 1 aliphatic heterocycles. The summed E-state index contributed by atoms with van der Waals surface area (Å²) in [6, 6.07) is 37.7. The summed E-state index contributed by atoms with van der Waals surface area (Å²) in [5.74, 6) is 0.0883. The van der Waals surface area contributed by atoms with Crippen molar-refractivity contribution in [2.45, 2.75) is 12.1 Å². The van der Waals surface area contributed by atoms with Gasteiger partial charge in [-0.1, -0.05) is 109 Å². The number of amides is 1. The number of aliphatic imine (C=N–C) groups is 1. The van der Waals surface area contributed by atoms with E-state index in [9.17, 15) is 4.79 Å². The molecule has 0 unspecified atom stereocenters. The summed E-state index contributed by atoms with van der Waals surface area (Å²) in [6.07, 6.45) is 0. The van der Waals surface area contributed by atoms with Crippen molar-refractivity contribution in [2.24, 2.45) is 10.7 Å². The molecule has 0 atom stereocenters. The van der Waals surface area contributed by atoms with E-state index in [1.54, 1.807) is 4.90 Å². The smallest absolute Gasteiger partial charge is 0.266 e. The highest BCUT2D eigenvalue weighted by atomic mass is 16.2. The average molecular weight is 418 g/mol. The first-order valence-corrected chi connectivity index (χ1v) is 10.6. The molecule has 0 aliphatic carbocycles. The maximum atomic E-state index is 13.9. The summed E-state index contributed by atoms with van der Waals surface area (Å²) < 4.78 is 0. The first kappa shape index (κ1) is 19.8. The van der Waals surface area contributed by atoms with Gasteiger partial charge >= 0.3 is 0 Å². The van der Waals surface area contributed by atoms with Crippen LogP contribution in [0, 0.1) is 0 Å². The highest BCUT2D eigenvalue weighted by Crippen LogP contribution is 2.40. The number of nitrogens with two attached hydrogens (primary N) is 1. The van der Waals surface area contributed by atoms with Crippen LogP contribution in [0.4, 0.5) is 0 Å². The van der Waals surface area contributed by atoms with Crippen LogP contribution in [0.2, 0.25) is 0 Å². The quantitative estimate of drug-likeness (QED) is 0.499. The SMILES string of the molecule is NC1=NC(c2ccccc2)(c2ccccc2)C(=O)N1Cc1cccc(-c2ccccc2)c1. The lowest BCUT2D eigenvalue weighted by Gasteiger charge is -2.27. The van der Waals surface area contributed by atoms with Crippen molar-refractivity contribution in [3.05, 3.63) is 132 Å². The minimum Gasteiger partial charge on any atom is -0.369 e. The topological polar surface area (TPSA) is 58.7 Å². The van der Waals surface area contributed by atoms with Crippen LogP contribution in [0.15, 0.2) is 120 Å². The van der Waals surface area contributed by atoms with Crippen LogP contribution in [0.5, 0.6) is 0 Å². The number of hydrogen-bond acceptors (Lipinski definition) is 3. The molecule has 2 N–H and O–H groups in total. The molecule has 4 aromatic rings. The van der Waals surface area contributed by atoms with Crippen molar-refractivity contribution in [1.29, 1.82) is 0 Å². The molecule has 0 saturated carbocycles. The molecule has 1 amide bonds. The Morgan fingerprint density at radius 3 is 1.81 bits per heavy atom. The third-order valence-corrected chi connectivity index (χ3v) is 5.87. The maximum absolute atomic E-state index is 13.9. The Morgan fingerprint density at radius 1 is 0.688 bits per heavy atom. The summed E-state index contributed by atoms with van der Waals surface area (Å²) in [4.78, 5) is 20.3. The fraction of sp³-hybridized carbons (Fsp3) is 0.0714. The van der Waals surface area contributed by atoms with Crippen molar-refractivity contribution >= 4 is 11.9 Å². The van der Waals surface area contributed by atoms with Gasteiger partial charge in [-0.3, -0.25) is 9.69 Å². The number of benzene rings is 4. The summed E-state index contributed by atoms with van der Waals surface area (Å²) in [7, 11) is 0. The van der Waals surface area contributed by atoms with Crippen LogP contribution in [0.3, 0.4) is 0 Å². The Kier molecular flexibility index (Phi) is 5.04. The zero-order chi connectivity index (χ0) is 22.0. The number of rotatable bonds is 5. The molecule has 4 nitrogen and oxygen atoms in total. The number of carbonyl (C=O) groups excluding carboxylic acids is 1. The van der Waals surface area contributed by atoms with E-state index in [-0.39, 0.29) is 11.9 Å². The second-order valence-electron chi connectivity index (χ2n) is 7.87. The monoisotopic (exact) mass is 417 g/mol. The molecule has 1 heterocycles. The van der Waals surface area contributed by atoms with E-state index >= 15 is 0 Å². The van der Waals surface area contributed by atoms with Crippen molar-refractivity contribution in [1.82, 2.24) is 4.90 Å². The molecule has 0 bridgehead atoms. The lowest BCUT2D eigenvalue weighted by molar-refractivity contribution is -0.130. The molecular formula is C28H23N3O. The van der Waals surface area contributed by atoms with Crippen molar-refractivity contribution < 1.29 is 4.79 Å². The van der Waals surface area contributed by atoms with Gasteiger partial charge in [-0.2, -0.15) is 0 Å². The van der Waals surface area contributed by atoms with Gasteiger partial charge in [0.05, 0.1) is 6.54 Å². The molecule has 156 valence electrons. The highest BCUT2D eigenvalue weighted by molar-refractivity contribution is 6.09. The van der Waals surface area contributed by atoms with E-state index in [4.69, 9.17) is 10.7 Å². The standard InChI is InChI=1S/C28H23N3O/c29-27-30-28(24-15-6-2-7-16-24,25-17-8-3-9-18-25)26(32)31(27)20-21-11-10-14-23(19-21)22-12-4-1-5-13-22/h1-19H,20H2,(H2,29,30). The molecule has 0 spiro atoms. The molecule has 0 aromatic heterocycles. The van der Waals surface area contributed by atoms with E-state index in [2.05, 4.69) is 24.3 Å². The van der Waals surface area contributed by atoms with Gasteiger partial charge in [0.2, 0.25) is 0 Å². The molecule has 1 aliphatic rings. The summed E-state index contributed by atoms with van der Waals surface area (Å²) in [6.45, 7) is 0.357. The van der Waals surface area contributed by atoms with E-state index in [0.717, 1.165) is 27.8 Å². The van der Waals surface area contributed by atoms with Crippen LogP contribution in [-0.2, 0) is 16.9 Å². The van der Waals surface area contributed by atoms with Gasteiger partial charge in [-0.25, -0.2) is 4.99 Å². The summed E-state index contributed by atoms with van der Waals surface area (Å²) >= 11 is 0. The predicted octanol–water partition coefficient (Wildman–Crippen LogP) is 4.95. The number of guanidine groups is 1. The largest absolute Gasteiger partial charge is 0.369 e. The Hall–Kier alpha value is -4.18. The highest BCUT2D eigenvalue weighted by Gasteiger charge is 2.50. The Bertz CT molecular complexity index is 1230. The van der Waals surface area contributed by atoms with Crippen LogP contribution < -0.4 is 5.73 Å². The number of hydrogen-bond donors (Lipinski definition) is 1. The third-order valence-electron chi connectivity index (χ3n) is 5.87. The second kappa shape index (κ2) is 8.16. The number of nitrogens with zero attached hydrogens (tertiary/aromatic N) is 2. The van der Waals surface area contributed by atoms with Gasteiger partial charge in [0.25, 0.3) is 5.91 Å². The van der Waals surface area contributed by atoms with Crippen LogP contribution in [0.1, 0.15) is 16.7 Å². The fourth-order valence-electron chi connectivity index (χ4n) is 4.30. The molecule has 4 heteroatoms. The normalized spacial score (nSPS) is 14.9. The fourth-order valence-corrected chi connectivity index (χ4v) is 4.30. The Labute approximate surface area is 187 Å². The lowest BCUT2D eigenvalue weighted by atomic mass is 9.83. The summed E-state index contributed by atoms with van der Waals surface area (Å²) in [5.41, 5.74) is 10.0. The minimum atomic E-state index is -1.18. The van der Waals surface area contributed by atoms with E-state index in [1.807, 2.05) is 91.0 Å². The molecular weight excluding hydrogens is 394 g/mol. The van der Waals surface area contributed by atoms with Gasteiger partial charge in [0.1, 0.15) is 0 Å². The van der Waals surface area contributed by atoms with Crippen molar-refractivity contribution in [2.75, 3.05) is 0 Å². The van der Waals surface area contributed by atoms with E-state index in [1.165, 1.54) is 0 Å². The van der Waals surface area contributed by atoms with Crippen LogP contribution in [0.25, 0.3) is 11.1 Å². The Balaban J connectivity index is 1.53. The van der Waals surface area contributed by atoms with Gasteiger partial charge in [-0.15, -0.1) is 0 Å². The molecule has 32 heavy (non-hydrogen) atoms. The van der Waals surface area contributed by atoms with Gasteiger partial charge in [0.15, 0.2) is 11.5 Å². The van der Waals surface area contributed by atoms with E-state index in [0.29, 0.717) is 6.54 Å². The van der Waals surface area contributed by atoms with Gasteiger partial charge < -0.3 is 5.73 Å². The van der Waals surface area contributed by atoms with Crippen LogP contribution in [-0.4, -0.2) is 16.8 Å². The van der Waals surface area contributed by atoms with Gasteiger partial charge in [0, 0.05) is 0 Å². The number of carbonyl (C=O) groups is 1. The van der Waals surface area contributed by atoms with Crippen molar-refractivity contribution in [3.8, 4) is 11.1 Å². The predicted molar refractivity (Wildman–Crippen MR) is 128 cm³/mol. The lowest BCUT2D eigenvalue weighted by Crippen LogP contribution is -2.43. The molecule has 0 fully saturated rings. The minimum absolute atomic E-state index is 0.141. The average Bonchev–Trinajstić information content (AvgIpc) is 3.11. The summed E-state index contributed by atoms with van der Waals surface area (Å²) in [5, 5.41) is 0. The van der Waals surface area contributed by atoms with Crippen LogP contribution >= 0.6 is 0 Å². The zero-order valence-electron chi connectivity index (χ0n) is 17.6. The second-order valence-corrected chi connectivity index (χ2v) is 7.87. The van der Waals surface area contributed by atoms with E-state index < -0.39 is 5.54 Å². The first-order valence-electron chi connectivity index (χ1n) is 10.6. The van der Waals surface area contributed by atoms with Gasteiger partial charge in [-0.05, 0) is 33.9 Å². The molecule has 4 aromatic carbocycles. The maximum Gasteiger partial charge on any atom is 0.266 e. The zero-order valence-corrected chi connectivity index (χ0v) is 17.6. The third kappa shape index (κ3) is 3.36. The molecule has 5 rings (SSSR count). The molecule has 0 saturated heterocycles. The van der Waals surface area contributed by atoms with Crippen molar-refractivity contribution in [3.63, 3.8) is 0 Å².